The molecule has 0 heterocycles. The zero-order valence-corrected chi connectivity index (χ0v) is 10.7. The van der Waals surface area contributed by atoms with Crippen molar-refractivity contribution in [2.75, 3.05) is 6.54 Å². The molecule has 0 unspecified atom stereocenters. The van der Waals surface area contributed by atoms with Crippen LogP contribution in [0.4, 0.5) is 4.79 Å². The van der Waals surface area contributed by atoms with Crippen LogP contribution in [0, 0.1) is 5.92 Å². The number of benzene rings is 1. The molecule has 0 aliphatic heterocycles. The lowest BCUT2D eigenvalue weighted by Gasteiger charge is -2.20. The highest BCUT2D eigenvalue weighted by atomic mass is 16.5. The Balaban J connectivity index is 1.62. The van der Waals surface area contributed by atoms with Crippen molar-refractivity contribution >= 4 is 6.09 Å². The van der Waals surface area contributed by atoms with Gasteiger partial charge in [0.1, 0.15) is 5.75 Å². The molecular weight excluding hydrogens is 226 g/mol. The third-order valence-corrected chi connectivity index (χ3v) is 3.45. The topological polar surface area (TPSA) is 40.4 Å². The average molecular weight is 246 g/mol. The van der Waals surface area contributed by atoms with Crippen molar-refractivity contribution in [3.8, 4) is 5.75 Å². The quantitative estimate of drug-likeness (QED) is 0.811. The first-order valence-corrected chi connectivity index (χ1v) is 6.79. The Morgan fingerprint density at radius 2 is 1.89 bits per heavy atom. The van der Waals surface area contributed by atoms with Crippen LogP contribution in [0.25, 0.3) is 0 Å². The molecule has 1 radical (unpaired) electrons. The number of nitrogens with zero attached hydrogens (tertiary/aromatic N) is 1. The number of amides is 1. The van der Waals surface area contributed by atoms with E-state index in [0.717, 1.165) is 12.3 Å². The lowest BCUT2D eigenvalue weighted by molar-refractivity contribution is 0.197. The maximum Gasteiger partial charge on any atom is 0.434 e. The van der Waals surface area contributed by atoms with Gasteiger partial charge in [0.25, 0.3) is 0 Å². The minimum absolute atomic E-state index is 0.475. The van der Waals surface area contributed by atoms with E-state index < -0.39 is 6.09 Å². The predicted octanol–water partition coefficient (Wildman–Crippen LogP) is 3.76. The molecule has 0 spiro atoms. The Bertz CT molecular complexity index is 358. The fourth-order valence-corrected chi connectivity index (χ4v) is 2.44. The van der Waals surface area contributed by atoms with Gasteiger partial charge < -0.3 is 4.74 Å². The van der Waals surface area contributed by atoms with Crippen molar-refractivity contribution in [3.05, 3.63) is 30.3 Å². The average Bonchev–Trinajstić information content (AvgIpc) is 2.41. The van der Waals surface area contributed by atoms with E-state index >= 15 is 0 Å². The lowest BCUT2D eigenvalue weighted by atomic mass is 9.87. The van der Waals surface area contributed by atoms with Crippen LogP contribution in [0.3, 0.4) is 0 Å². The van der Waals surface area contributed by atoms with Gasteiger partial charge in [-0.1, -0.05) is 50.3 Å². The number of carbonyl (C=O) groups excluding carboxylic acids is 1. The number of carbonyl (C=O) groups is 1. The standard InChI is InChI=1S/C15H20NO2/c17-15(18-14-9-5-2-6-10-14)16-12-11-13-7-3-1-4-8-13/h2,5-6,9-10,13H,1,3-4,7-8,11-12H2. The zero-order chi connectivity index (χ0) is 12.6. The third kappa shape index (κ3) is 4.40. The fourth-order valence-electron chi connectivity index (χ4n) is 2.44. The molecule has 1 saturated carbocycles. The minimum atomic E-state index is -0.475. The van der Waals surface area contributed by atoms with E-state index in [1.54, 1.807) is 12.1 Å². The van der Waals surface area contributed by atoms with Gasteiger partial charge in [-0.2, -0.15) is 0 Å². The summed E-state index contributed by atoms with van der Waals surface area (Å²) in [5.41, 5.74) is 0. The van der Waals surface area contributed by atoms with Gasteiger partial charge in [0.05, 0.1) is 0 Å². The van der Waals surface area contributed by atoms with Crippen molar-refractivity contribution in [3.63, 3.8) is 0 Å². The molecule has 1 aliphatic rings. The molecular formula is C15H20NO2. The first kappa shape index (κ1) is 12.9. The SMILES string of the molecule is O=C([N]CCC1CCCCC1)Oc1ccccc1. The maximum absolute atomic E-state index is 11.5. The van der Waals surface area contributed by atoms with Crippen molar-refractivity contribution in [2.45, 2.75) is 38.5 Å². The Labute approximate surface area is 109 Å². The van der Waals surface area contributed by atoms with Crippen LogP contribution in [0.1, 0.15) is 38.5 Å². The second kappa shape index (κ2) is 7.04. The van der Waals surface area contributed by atoms with Gasteiger partial charge in [0.2, 0.25) is 0 Å². The van der Waals surface area contributed by atoms with E-state index in [9.17, 15) is 4.79 Å². The van der Waals surface area contributed by atoms with Crippen LogP contribution in [-0.4, -0.2) is 12.6 Å². The second-order valence-electron chi connectivity index (χ2n) is 4.86. The molecule has 0 aromatic heterocycles. The molecule has 18 heavy (non-hydrogen) atoms. The molecule has 3 nitrogen and oxygen atoms in total. The van der Waals surface area contributed by atoms with Crippen LogP contribution in [0.2, 0.25) is 0 Å². The van der Waals surface area contributed by atoms with Gasteiger partial charge in [0.15, 0.2) is 0 Å². The van der Waals surface area contributed by atoms with E-state index in [1.165, 1.54) is 32.1 Å². The molecule has 0 bridgehead atoms. The van der Waals surface area contributed by atoms with Crippen LogP contribution < -0.4 is 10.1 Å². The van der Waals surface area contributed by atoms with Crippen LogP contribution in [0.15, 0.2) is 30.3 Å². The smallest absolute Gasteiger partial charge is 0.409 e. The summed E-state index contributed by atoms with van der Waals surface area (Å²) in [6, 6.07) is 9.08. The summed E-state index contributed by atoms with van der Waals surface area (Å²) in [7, 11) is 0. The van der Waals surface area contributed by atoms with E-state index in [1.807, 2.05) is 18.2 Å². The molecule has 3 heteroatoms. The summed E-state index contributed by atoms with van der Waals surface area (Å²) >= 11 is 0. The highest BCUT2D eigenvalue weighted by molar-refractivity contribution is 5.69. The molecule has 1 aliphatic carbocycles. The molecule has 0 saturated heterocycles. The Morgan fingerprint density at radius 1 is 1.17 bits per heavy atom. The minimum Gasteiger partial charge on any atom is -0.409 e. The van der Waals surface area contributed by atoms with E-state index in [0.29, 0.717) is 12.3 Å². The van der Waals surface area contributed by atoms with Crippen LogP contribution in [-0.2, 0) is 0 Å². The molecule has 2 rings (SSSR count). The monoisotopic (exact) mass is 246 g/mol. The Kier molecular flexibility index (Phi) is 5.06. The van der Waals surface area contributed by atoms with Crippen molar-refractivity contribution < 1.29 is 9.53 Å². The van der Waals surface area contributed by atoms with Gasteiger partial charge >= 0.3 is 6.09 Å². The second-order valence-corrected chi connectivity index (χ2v) is 4.86. The van der Waals surface area contributed by atoms with Gasteiger partial charge in [-0.15, -0.1) is 0 Å². The van der Waals surface area contributed by atoms with Crippen molar-refractivity contribution in [1.29, 1.82) is 0 Å². The van der Waals surface area contributed by atoms with E-state index in [-0.39, 0.29) is 0 Å². The molecule has 1 amide bonds. The summed E-state index contributed by atoms with van der Waals surface area (Å²) in [4.78, 5) is 11.5. The zero-order valence-electron chi connectivity index (χ0n) is 10.7. The molecule has 1 aromatic rings. The summed E-state index contributed by atoms with van der Waals surface area (Å²) in [5, 5.41) is 3.95. The Morgan fingerprint density at radius 3 is 2.61 bits per heavy atom. The Hall–Kier alpha value is -1.51. The van der Waals surface area contributed by atoms with Crippen LogP contribution in [0.5, 0.6) is 5.75 Å². The predicted molar refractivity (Wildman–Crippen MR) is 70.7 cm³/mol. The molecule has 0 atom stereocenters. The number of hydrogen-bond donors (Lipinski definition) is 0. The largest absolute Gasteiger partial charge is 0.434 e. The maximum atomic E-state index is 11.5. The lowest BCUT2D eigenvalue weighted by Crippen LogP contribution is -2.22. The van der Waals surface area contributed by atoms with E-state index in [4.69, 9.17) is 4.74 Å². The van der Waals surface area contributed by atoms with Crippen molar-refractivity contribution in [2.24, 2.45) is 5.92 Å². The van der Waals surface area contributed by atoms with Crippen LogP contribution >= 0.6 is 0 Å². The third-order valence-electron chi connectivity index (χ3n) is 3.45. The highest BCUT2D eigenvalue weighted by Gasteiger charge is 2.14. The summed E-state index contributed by atoms with van der Waals surface area (Å²) in [6.07, 6.45) is 7.16. The molecule has 0 N–H and O–H groups in total. The fraction of sp³-hybridized carbons (Fsp3) is 0.533. The van der Waals surface area contributed by atoms with Gasteiger partial charge in [-0.3, -0.25) is 0 Å². The van der Waals surface area contributed by atoms with Gasteiger partial charge in [-0.05, 0) is 24.5 Å². The molecule has 1 fully saturated rings. The number of ether oxygens (including phenoxy) is 1. The number of rotatable bonds is 4. The normalized spacial score (nSPS) is 16.2. The molecule has 1 aromatic carbocycles. The molecule has 97 valence electrons. The summed E-state index contributed by atoms with van der Waals surface area (Å²) < 4.78 is 5.10. The van der Waals surface area contributed by atoms with Crippen molar-refractivity contribution in [1.82, 2.24) is 5.32 Å². The number of para-hydroxylation sites is 1. The first-order chi connectivity index (χ1) is 8.84. The highest BCUT2D eigenvalue weighted by Crippen LogP contribution is 2.25. The summed E-state index contributed by atoms with van der Waals surface area (Å²) in [5.74, 6) is 1.32. The summed E-state index contributed by atoms with van der Waals surface area (Å²) in [6.45, 7) is 0.594. The van der Waals surface area contributed by atoms with Gasteiger partial charge in [0, 0.05) is 6.54 Å². The first-order valence-electron chi connectivity index (χ1n) is 6.79. The van der Waals surface area contributed by atoms with E-state index in [2.05, 4.69) is 5.32 Å². The number of hydrogen-bond acceptors (Lipinski definition) is 2. The van der Waals surface area contributed by atoms with Gasteiger partial charge in [-0.25, -0.2) is 10.1 Å².